The van der Waals surface area contributed by atoms with E-state index in [1.807, 2.05) is 4.57 Å². The molecule has 2 aliphatic carbocycles. The van der Waals surface area contributed by atoms with Crippen LogP contribution in [0.15, 0.2) is 12.1 Å². The van der Waals surface area contributed by atoms with Crippen LogP contribution in [0.4, 0.5) is 4.39 Å². The van der Waals surface area contributed by atoms with Gasteiger partial charge in [0.25, 0.3) is 0 Å². The van der Waals surface area contributed by atoms with Crippen LogP contribution in [0.2, 0.25) is 0 Å². The van der Waals surface area contributed by atoms with E-state index in [9.17, 15) is 19.8 Å². The quantitative estimate of drug-likeness (QED) is 0.262. The zero-order valence-electron chi connectivity index (χ0n) is 21.6. The van der Waals surface area contributed by atoms with E-state index >= 15 is 4.39 Å². The van der Waals surface area contributed by atoms with E-state index in [0.29, 0.717) is 57.6 Å². The Bertz CT molecular complexity index is 1700. The summed E-state index contributed by atoms with van der Waals surface area (Å²) in [5.41, 5.74) is 4.04. The van der Waals surface area contributed by atoms with Gasteiger partial charge >= 0.3 is 5.97 Å². The number of carbonyl (C=O) groups is 2. The van der Waals surface area contributed by atoms with E-state index in [1.54, 1.807) is 19.9 Å². The van der Waals surface area contributed by atoms with Gasteiger partial charge in [-0.2, -0.15) is 0 Å². The first-order chi connectivity index (χ1) is 18.6. The summed E-state index contributed by atoms with van der Waals surface area (Å²) in [7, 11) is 0. The number of nitrogens with zero attached hydrogens (tertiary/aromatic N) is 2. The number of hydrogen-bond donors (Lipinski definition) is 3. The van der Waals surface area contributed by atoms with Crippen LogP contribution < -0.4 is 5.32 Å². The molecule has 7 rings (SSSR count). The molecule has 8 nitrogen and oxygen atoms in total. The van der Waals surface area contributed by atoms with Gasteiger partial charge < -0.3 is 24.8 Å². The number of esters is 1. The summed E-state index contributed by atoms with van der Waals surface area (Å²) in [6.45, 7) is 3.82. The summed E-state index contributed by atoms with van der Waals surface area (Å²) in [5.74, 6) is -1.45. The first-order valence-corrected chi connectivity index (χ1v) is 13.8. The van der Waals surface area contributed by atoms with Crippen LogP contribution in [-0.4, -0.2) is 37.7 Å². The molecule has 3 N–H and O–H groups in total. The predicted molar refractivity (Wildman–Crippen MR) is 142 cm³/mol. The summed E-state index contributed by atoms with van der Waals surface area (Å²) in [4.78, 5) is 30.5. The maximum Gasteiger partial charge on any atom is 0.343 e. The molecule has 0 spiro atoms. The lowest BCUT2D eigenvalue weighted by Gasteiger charge is -2.32. The molecule has 1 aromatic carbocycles. The number of nitrogens with one attached hydrogen (secondary N) is 1. The normalized spacial score (nSPS) is 23.6. The number of aryl methyl sites for hydroxylation is 1. The fourth-order valence-electron chi connectivity index (χ4n) is 6.58. The average molecular weight is 550 g/mol. The summed E-state index contributed by atoms with van der Waals surface area (Å²) in [6.07, 6.45) is 1.87. The number of hydrogen-bond acceptors (Lipinski definition) is 7. The molecule has 1 fully saturated rings. The maximum atomic E-state index is 15.0. The van der Waals surface area contributed by atoms with Crippen molar-refractivity contribution in [1.82, 2.24) is 14.9 Å². The Morgan fingerprint density at radius 3 is 2.79 bits per heavy atom. The Morgan fingerprint density at radius 1 is 1.31 bits per heavy atom. The van der Waals surface area contributed by atoms with Gasteiger partial charge in [0.05, 0.1) is 29.5 Å². The molecule has 1 amide bonds. The zero-order chi connectivity index (χ0) is 27.4. The van der Waals surface area contributed by atoms with E-state index in [4.69, 9.17) is 21.9 Å². The predicted octanol–water partition coefficient (Wildman–Crippen LogP) is 3.77. The lowest BCUT2D eigenvalue weighted by Crippen LogP contribution is -2.41. The van der Waals surface area contributed by atoms with Crippen molar-refractivity contribution >= 4 is 35.0 Å². The Balaban J connectivity index is 1.46. The monoisotopic (exact) mass is 549 g/mol. The number of aromatic nitrogens is 2. The highest BCUT2D eigenvalue weighted by molar-refractivity contribution is 7.71. The summed E-state index contributed by atoms with van der Waals surface area (Å²) < 4.78 is 22.7. The van der Waals surface area contributed by atoms with Gasteiger partial charge in [0, 0.05) is 28.1 Å². The van der Waals surface area contributed by atoms with Crippen LogP contribution in [0.1, 0.15) is 72.0 Å². The van der Waals surface area contributed by atoms with Crippen LogP contribution in [0.5, 0.6) is 0 Å². The lowest BCUT2D eigenvalue weighted by atomic mass is 9.81. The van der Waals surface area contributed by atoms with Gasteiger partial charge in [-0.05, 0) is 67.7 Å². The molecule has 0 bridgehead atoms. The van der Waals surface area contributed by atoms with Crippen LogP contribution >= 0.6 is 12.2 Å². The number of rotatable bonds is 4. The van der Waals surface area contributed by atoms with Crippen molar-refractivity contribution in [3.63, 3.8) is 0 Å². The van der Waals surface area contributed by atoms with Crippen molar-refractivity contribution in [3.05, 3.63) is 56.0 Å². The van der Waals surface area contributed by atoms with Crippen molar-refractivity contribution in [2.24, 2.45) is 5.92 Å². The number of halogens is 1. The molecule has 0 saturated heterocycles. The summed E-state index contributed by atoms with van der Waals surface area (Å²) in [5, 5.41) is 25.7. The third-order valence-corrected chi connectivity index (χ3v) is 9.50. The van der Waals surface area contributed by atoms with E-state index in [1.165, 1.54) is 6.07 Å². The number of aliphatic hydroxyl groups excluding tert-OH is 1. The minimum Gasteiger partial charge on any atom is -0.458 e. The SMILES string of the molecule is CC[C@@]1(O)C(=O)OCc2c1cc1n(c2=S)Cc2c-1nc1cc(F)c(C)c3c1c2[C@@H](NC(=O)[C@H](O)C1CC1)CC3. The van der Waals surface area contributed by atoms with Crippen molar-refractivity contribution < 1.29 is 28.9 Å². The minimum atomic E-state index is -1.82. The Morgan fingerprint density at radius 2 is 2.08 bits per heavy atom. The summed E-state index contributed by atoms with van der Waals surface area (Å²) >= 11 is 5.85. The molecule has 202 valence electrons. The Hall–Kier alpha value is -3.21. The number of ether oxygens (including phenoxy) is 1. The number of pyridine rings is 2. The molecular weight excluding hydrogens is 521 g/mol. The van der Waals surface area contributed by atoms with Crippen LogP contribution in [0.25, 0.3) is 22.3 Å². The summed E-state index contributed by atoms with van der Waals surface area (Å²) in [6, 6.07) is 2.79. The highest BCUT2D eigenvalue weighted by Crippen LogP contribution is 2.47. The number of amides is 1. The van der Waals surface area contributed by atoms with Gasteiger partial charge in [-0.15, -0.1) is 0 Å². The fourth-order valence-corrected chi connectivity index (χ4v) is 6.91. The zero-order valence-corrected chi connectivity index (χ0v) is 22.5. The highest BCUT2D eigenvalue weighted by Gasteiger charge is 2.45. The second kappa shape index (κ2) is 8.39. The number of fused-ring (bicyclic) bond motifs is 5. The fraction of sp³-hybridized carbons (Fsp3) is 0.448. The average Bonchev–Trinajstić information content (AvgIpc) is 3.71. The molecule has 10 heteroatoms. The topological polar surface area (TPSA) is 114 Å². The third-order valence-electron chi connectivity index (χ3n) is 9.03. The standard InChI is InChI=1S/C29H28FN3O5S/c1-3-29(37)17-8-21-24-15(10-33(21)27(39)16(17)11-38-28(29)36)23-19(32-26(35)25(34)13-4-5-13)7-6-14-12(2)18(30)9-20(31-24)22(14)23/h8-9,13,19,25,34,37H,3-7,10-11H2,1-2H3,(H,32,35)/t19-,25+,29-/m0/s1. The molecule has 3 atom stereocenters. The Labute approximate surface area is 228 Å². The van der Waals surface area contributed by atoms with Gasteiger partial charge in [-0.25, -0.2) is 14.2 Å². The van der Waals surface area contributed by atoms with Crippen molar-refractivity contribution in [2.75, 3.05) is 0 Å². The number of aliphatic hydroxyl groups is 2. The number of benzene rings is 1. The maximum absolute atomic E-state index is 15.0. The molecule has 4 heterocycles. The van der Waals surface area contributed by atoms with Crippen LogP contribution in [-0.2, 0) is 39.5 Å². The minimum absolute atomic E-state index is 0.00321. The van der Waals surface area contributed by atoms with Crippen molar-refractivity contribution in [2.45, 2.75) is 76.9 Å². The van der Waals surface area contributed by atoms with Crippen LogP contribution in [0.3, 0.4) is 0 Å². The molecule has 2 aliphatic heterocycles. The van der Waals surface area contributed by atoms with Crippen molar-refractivity contribution in [3.8, 4) is 11.4 Å². The molecule has 2 aromatic heterocycles. The third kappa shape index (κ3) is 3.41. The molecule has 4 aliphatic rings. The van der Waals surface area contributed by atoms with E-state index in [2.05, 4.69) is 5.32 Å². The Kier molecular flexibility index (Phi) is 5.34. The van der Waals surface area contributed by atoms with E-state index < -0.39 is 29.6 Å². The second-order valence-electron chi connectivity index (χ2n) is 11.2. The molecule has 3 aromatic rings. The number of carbonyl (C=O) groups excluding carboxylic acids is 2. The molecule has 1 saturated carbocycles. The molecular formula is C29H28FN3O5S. The molecule has 0 radical (unpaired) electrons. The smallest absolute Gasteiger partial charge is 0.343 e. The lowest BCUT2D eigenvalue weighted by molar-refractivity contribution is -0.172. The van der Waals surface area contributed by atoms with E-state index in [-0.39, 0.29) is 24.8 Å². The van der Waals surface area contributed by atoms with Crippen molar-refractivity contribution in [1.29, 1.82) is 0 Å². The van der Waals surface area contributed by atoms with Gasteiger partial charge in [0.2, 0.25) is 5.91 Å². The molecule has 0 unspecified atom stereocenters. The van der Waals surface area contributed by atoms with Crippen LogP contribution in [0, 0.1) is 23.3 Å². The number of cyclic esters (lactones) is 1. The van der Waals surface area contributed by atoms with E-state index in [0.717, 1.165) is 34.9 Å². The first-order valence-electron chi connectivity index (χ1n) is 13.4. The van der Waals surface area contributed by atoms with Gasteiger partial charge in [-0.3, -0.25) is 4.79 Å². The van der Waals surface area contributed by atoms with Gasteiger partial charge in [-0.1, -0.05) is 19.1 Å². The second-order valence-corrected chi connectivity index (χ2v) is 11.6. The first kappa shape index (κ1) is 24.8. The largest absolute Gasteiger partial charge is 0.458 e. The van der Waals surface area contributed by atoms with Gasteiger partial charge in [0.15, 0.2) is 5.60 Å². The van der Waals surface area contributed by atoms with Gasteiger partial charge in [0.1, 0.15) is 23.2 Å². The molecule has 39 heavy (non-hydrogen) atoms. The highest BCUT2D eigenvalue weighted by atomic mass is 32.1.